The van der Waals surface area contributed by atoms with Crippen LogP contribution in [-0.4, -0.2) is 11.5 Å². The van der Waals surface area contributed by atoms with Crippen molar-refractivity contribution >= 4 is 22.5 Å². The first-order chi connectivity index (χ1) is 7.79. The van der Waals surface area contributed by atoms with Gasteiger partial charge in [0.25, 0.3) is 0 Å². The third-order valence-corrected chi connectivity index (χ3v) is 3.92. The van der Waals surface area contributed by atoms with Crippen molar-refractivity contribution in [3.05, 3.63) is 34.5 Å². The van der Waals surface area contributed by atoms with Gasteiger partial charge in [-0.05, 0) is 43.4 Å². The summed E-state index contributed by atoms with van der Waals surface area (Å²) in [7, 11) is 0. The number of aromatic nitrogens is 1. The summed E-state index contributed by atoms with van der Waals surface area (Å²) in [5.41, 5.74) is 9.64. The van der Waals surface area contributed by atoms with Crippen molar-refractivity contribution in [2.75, 3.05) is 6.54 Å². The molecule has 1 aromatic heterocycles. The number of para-hydroxylation sites is 1. The molecule has 0 aliphatic heterocycles. The van der Waals surface area contributed by atoms with Crippen LogP contribution in [0.2, 0.25) is 5.02 Å². The Bertz CT molecular complexity index is 530. The fourth-order valence-corrected chi connectivity index (χ4v) is 2.90. The molecule has 0 saturated heterocycles. The minimum absolute atomic E-state index is 0.630. The Kier molecular flexibility index (Phi) is 2.41. The zero-order valence-electron chi connectivity index (χ0n) is 9.09. The molecule has 0 spiro atoms. The van der Waals surface area contributed by atoms with Crippen LogP contribution in [0.1, 0.15) is 17.7 Å². The fraction of sp³-hybridized carbons (Fsp3) is 0.385. The van der Waals surface area contributed by atoms with Gasteiger partial charge in [-0.15, -0.1) is 0 Å². The summed E-state index contributed by atoms with van der Waals surface area (Å²) in [6.45, 7) is 0.784. The molecule has 1 heterocycles. The quantitative estimate of drug-likeness (QED) is 0.783. The highest BCUT2D eigenvalue weighted by atomic mass is 35.5. The molecule has 1 unspecified atom stereocenters. The number of rotatable bonds is 1. The van der Waals surface area contributed by atoms with Crippen molar-refractivity contribution in [2.45, 2.75) is 19.3 Å². The van der Waals surface area contributed by atoms with Crippen molar-refractivity contribution in [3.8, 4) is 0 Å². The Hall–Kier alpha value is -0.990. The first-order valence-corrected chi connectivity index (χ1v) is 6.15. The number of aromatic amines is 1. The second-order valence-electron chi connectivity index (χ2n) is 4.59. The third-order valence-electron chi connectivity index (χ3n) is 3.61. The maximum Gasteiger partial charge on any atom is 0.0648 e. The summed E-state index contributed by atoms with van der Waals surface area (Å²) in [6, 6.07) is 6.10. The molecule has 0 fully saturated rings. The largest absolute Gasteiger partial charge is 0.357 e. The number of hydrogen-bond acceptors (Lipinski definition) is 1. The highest BCUT2D eigenvalue weighted by Crippen LogP contribution is 2.34. The van der Waals surface area contributed by atoms with Crippen molar-refractivity contribution in [2.24, 2.45) is 11.7 Å². The molecule has 0 bridgehead atoms. The Morgan fingerprint density at radius 2 is 2.31 bits per heavy atom. The van der Waals surface area contributed by atoms with Crippen molar-refractivity contribution in [1.82, 2.24) is 4.98 Å². The summed E-state index contributed by atoms with van der Waals surface area (Å²) in [4.78, 5) is 3.46. The van der Waals surface area contributed by atoms with E-state index in [9.17, 15) is 0 Å². The van der Waals surface area contributed by atoms with Gasteiger partial charge in [0.15, 0.2) is 0 Å². The van der Waals surface area contributed by atoms with Gasteiger partial charge in [-0.2, -0.15) is 0 Å². The molecule has 3 rings (SSSR count). The lowest BCUT2D eigenvalue weighted by atomic mass is 9.86. The van der Waals surface area contributed by atoms with E-state index < -0.39 is 0 Å². The van der Waals surface area contributed by atoms with Crippen LogP contribution in [0.15, 0.2) is 18.2 Å². The highest BCUT2D eigenvalue weighted by molar-refractivity contribution is 6.35. The molecule has 2 aromatic rings. The van der Waals surface area contributed by atoms with Crippen molar-refractivity contribution < 1.29 is 0 Å². The van der Waals surface area contributed by atoms with Crippen molar-refractivity contribution in [1.29, 1.82) is 0 Å². The van der Waals surface area contributed by atoms with Crippen LogP contribution in [0, 0.1) is 5.92 Å². The number of hydrogen-bond donors (Lipinski definition) is 2. The Balaban J connectivity index is 2.18. The van der Waals surface area contributed by atoms with Gasteiger partial charge >= 0.3 is 0 Å². The number of H-pyrrole nitrogens is 1. The fourth-order valence-electron chi connectivity index (χ4n) is 2.68. The topological polar surface area (TPSA) is 41.8 Å². The van der Waals surface area contributed by atoms with E-state index in [-0.39, 0.29) is 0 Å². The minimum Gasteiger partial charge on any atom is -0.357 e. The second-order valence-corrected chi connectivity index (χ2v) is 5.00. The molecule has 1 aliphatic rings. The Morgan fingerprint density at radius 1 is 1.44 bits per heavy atom. The molecule has 3 heteroatoms. The molecule has 84 valence electrons. The summed E-state index contributed by atoms with van der Waals surface area (Å²) in [5, 5.41) is 2.09. The van der Waals surface area contributed by atoms with Crippen LogP contribution in [0.3, 0.4) is 0 Å². The highest BCUT2D eigenvalue weighted by Gasteiger charge is 2.21. The molecule has 0 amide bonds. The van der Waals surface area contributed by atoms with E-state index in [2.05, 4.69) is 11.1 Å². The first-order valence-electron chi connectivity index (χ1n) is 5.77. The zero-order chi connectivity index (χ0) is 11.1. The van der Waals surface area contributed by atoms with Gasteiger partial charge in [-0.3, -0.25) is 0 Å². The normalized spacial score (nSPS) is 20.0. The maximum absolute atomic E-state index is 6.19. The van der Waals surface area contributed by atoms with Crippen LogP contribution in [0.5, 0.6) is 0 Å². The van der Waals surface area contributed by atoms with Gasteiger partial charge in [0.2, 0.25) is 0 Å². The Labute approximate surface area is 99.8 Å². The van der Waals surface area contributed by atoms with E-state index in [0.717, 1.165) is 29.9 Å². The van der Waals surface area contributed by atoms with Crippen LogP contribution in [0.4, 0.5) is 0 Å². The summed E-state index contributed by atoms with van der Waals surface area (Å²) in [6.07, 6.45) is 3.38. The molecular weight excluding hydrogens is 220 g/mol. The van der Waals surface area contributed by atoms with Crippen LogP contribution < -0.4 is 5.73 Å². The lowest BCUT2D eigenvalue weighted by molar-refractivity contribution is 0.468. The summed E-state index contributed by atoms with van der Waals surface area (Å²) < 4.78 is 0. The summed E-state index contributed by atoms with van der Waals surface area (Å²) in [5.74, 6) is 0.630. The van der Waals surface area contributed by atoms with E-state index in [1.54, 1.807) is 0 Å². The molecule has 0 saturated carbocycles. The number of fused-ring (bicyclic) bond motifs is 3. The van der Waals surface area contributed by atoms with Gasteiger partial charge in [-0.1, -0.05) is 23.7 Å². The average Bonchev–Trinajstić information content (AvgIpc) is 2.68. The van der Waals surface area contributed by atoms with E-state index in [0.29, 0.717) is 5.92 Å². The van der Waals surface area contributed by atoms with Crippen LogP contribution in [-0.2, 0) is 12.8 Å². The number of nitrogens with two attached hydrogens (primary N) is 1. The van der Waals surface area contributed by atoms with Crippen LogP contribution in [0.25, 0.3) is 10.9 Å². The number of nitrogens with one attached hydrogen (secondary N) is 1. The summed E-state index contributed by atoms with van der Waals surface area (Å²) >= 11 is 6.19. The average molecular weight is 235 g/mol. The lowest BCUT2D eigenvalue weighted by Crippen LogP contribution is -2.21. The molecule has 16 heavy (non-hydrogen) atoms. The second kappa shape index (κ2) is 3.79. The van der Waals surface area contributed by atoms with Crippen molar-refractivity contribution in [3.63, 3.8) is 0 Å². The molecule has 0 radical (unpaired) electrons. The molecule has 2 nitrogen and oxygen atoms in total. The molecule has 1 aromatic carbocycles. The number of benzene rings is 1. The van der Waals surface area contributed by atoms with Gasteiger partial charge in [0.1, 0.15) is 0 Å². The van der Waals surface area contributed by atoms with E-state index in [1.807, 2.05) is 12.1 Å². The molecule has 1 atom stereocenters. The molecular formula is C13H15ClN2. The van der Waals surface area contributed by atoms with E-state index >= 15 is 0 Å². The molecule has 1 aliphatic carbocycles. The monoisotopic (exact) mass is 234 g/mol. The van der Waals surface area contributed by atoms with E-state index in [4.69, 9.17) is 17.3 Å². The number of aryl methyl sites for hydroxylation is 1. The third kappa shape index (κ3) is 1.45. The SMILES string of the molecule is NCC1CCc2[nH]c3c(Cl)cccc3c2C1. The van der Waals surface area contributed by atoms with Gasteiger partial charge in [0.05, 0.1) is 10.5 Å². The number of halogens is 1. The standard InChI is InChI=1S/C13H15ClN2/c14-11-3-1-2-9-10-6-8(7-15)4-5-12(10)16-13(9)11/h1-3,8,16H,4-7,15H2. The van der Waals surface area contributed by atoms with Crippen LogP contribution >= 0.6 is 11.6 Å². The van der Waals surface area contributed by atoms with Gasteiger partial charge in [0, 0.05) is 11.1 Å². The predicted molar refractivity (Wildman–Crippen MR) is 67.9 cm³/mol. The zero-order valence-corrected chi connectivity index (χ0v) is 9.85. The lowest BCUT2D eigenvalue weighted by Gasteiger charge is -2.20. The van der Waals surface area contributed by atoms with Gasteiger partial charge in [-0.25, -0.2) is 0 Å². The molecule has 3 N–H and O–H groups in total. The smallest absolute Gasteiger partial charge is 0.0648 e. The minimum atomic E-state index is 0.630. The predicted octanol–water partition coefficient (Wildman–Crippen LogP) is 2.88. The van der Waals surface area contributed by atoms with Gasteiger partial charge < -0.3 is 10.7 Å². The van der Waals surface area contributed by atoms with E-state index in [1.165, 1.54) is 23.1 Å². The first kappa shape index (κ1) is 10.2. The Morgan fingerprint density at radius 3 is 3.12 bits per heavy atom. The maximum atomic E-state index is 6.19.